The normalized spacial score (nSPS) is 20.3. The van der Waals surface area contributed by atoms with E-state index in [4.69, 9.17) is 16.3 Å². The summed E-state index contributed by atoms with van der Waals surface area (Å²) in [5.41, 5.74) is 1.37. The fourth-order valence-electron chi connectivity index (χ4n) is 3.76. The number of carbonyl (C=O) groups is 3. The van der Waals surface area contributed by atoms with Gasteiger partial charge in [0.1, 0.15) is 0 Å². The number of benzene rings is 3. The Morgan fingerprint density at radius 1 is 0.844 bits per heavy atom. The van der Waals surface area contributed by atoms with Gasteiger partial charge < -0.3 is 0 Å². The zero-order valence-electron chi connectivity index (χ0n) is 17.2. The molecule has 162 valence electrons. The molecule has 1 heterocycles. The second-order valence-corrected chi connectivity index (χ2v) is 11.1. The first kappa shape index (κ1) is 22.5. The van der Waals surface area contributed by atoms with Gasteiger partial charge in [-0.15, -0.1) is 0 Å². The summed E-state index contributed by atoms with van der Waals surface area (Å²) in [4.78, 5) is 39.6. The molecule has 3 aromatic rings. The average molecular weight is 512 g/mol. The molecule has 6 heteroatoms. The van der Waals surface area contributed by atoms with Crippen molar-refractivity contribution in [3.8, 4) is 0 Å². The molecule has 0 N–H and O–H groups in total. The topological polar surface area (TPSA) is 60.4 Å². The van der Waals surface area contributed by atoms with Gasteiger partial charge in [0.05, 0.1) is 0 Å². The van der Waals surface area contributed by atoms with E-state index >= 15 is 0 Å². The Labute approximate surface area is 198 Å². The Morgan fingerprint density at radius 2 is 1.47 bits per heavy atom. The molecule has 4 nitrogen and oxygen atoms in total. The minimum absolute atomic E-state index is 0.00524. The number of hydrogen-bond acceptors (Lipinski definition) is 4. The molecule has 1 fully saturated rings. The SMILES string of the molecule is O=C(O[C@@]1(C(=O)c2ccccc2)CCC[C@H](C(=O)c2ccccc2)[Se]1)c1cccc(Cl)c1. The molecule has 0 saturated carbocycles. The fraction of sp³-hybridized carbons (Fsp3) is 0.192. The summed E-state index contributed by atoms with van der Waals surface area (Å²) in [6, 6.07) is 24.4. The Morgan fingerprint density at radius 3 is 2.12 bits per heavy atom. The first-order chi connectivity index (χ1) is 15.5. The van der Waals surface area contributed by atoms with Gasteiger partial charge in [0, 0.05) is 0 Å². The van der Waals surface area contributed by atoms with Crippen LogP contribution in [-0.2, 0) is 4.74 Å². The van der Waals surface area contributed by atoms with Crippen molar-refractivity contribution in [1.29, 1.82) is 0 Å². The van der Waals surface area contributed by atoms with Crippen LogP contribution in [-0.4, -0.2) is 37.0 Å². The maximum atomic E-state index is 13.7. The molecule has 0 radical (unpaired) electrons. The summed E-state index contributed by atoms with van der Waals surface area (Å²) in [6.07, 6.45) is 1.68. The Balaban J connectivity index is 1.68. The van der Waals surface area contributed by atoms with Crippen LogP contribution in [0.5, 0.6) is 0 Å². The molecule has 3 aromatic carbocycles. The molecule has 1 aliphatic heterocycles. The van der Waals surface area contributed by atoms with Crippen LogP contribution in [0.1, 0.15) is 50.3 Å². The van der Waals surface area contributed by atoms with Gasteiger partial charge in [-0.2, -0.15) is 0 Å². The van der Waals surface area contributed by atoms with E-state index in [0.29, 0.717) is 35.4 Å². The number of carbonyl (C=O) groups excluding carboxylic acids is 3. The van der Waals surface area contributed by atoms with E-state index in [1.165, 1.54) is 6.07 Å². The van der Waals surface area contributed by atoms with Crippen molar-refractivity contribution in [2.75, 3.05) is 0 Å². The third-order valence-electron chi connectivity index (χ3n) is 5.36. The molecule has 0 bridgehead atoms. The van der Waals surface area contributed by atoms with E-state index in [1.807, 2.05) is 24.3 Å². The monoisotopic (exact) mass is 512 g/mol. The summed E-state index contributed by atoms with van der Waals surface area (Å²) in [5.74, 6) is -0.861. The fourth-order valence-corrected chi connectivity index (χ4v) is 7.31. The molecule has 1 aliphatic rings. The van der Waals surface area contributed by atoms with E-state index < -0.39 is 25.4 Å². The van der Waals surface area contributed by atoms with Crippen LogP contribution in [0, 0.1) is 0 Å². The Hall–Kier alpha value is -2.72. The number of Topliss-reactive ketones (excluding diaryl/α,β-unsaturated/α-hetero) is 2. The van der Waals surface area contributed by atoms with E-state index in [-0.39, 0.29) is 21.9 Å². The van der Waals surface area contributed by atoms with E-state index in [1.54, 1.807) is 54.6 Å². The molecule has 32 heavy (non-hydrogen) atoms. The number of ether oxygens (including phenoxy) is 1. The average Bonchev–Trinajstić information content (AvgIpc) is 2.84. The van der Waals surface area contributed by atoms with Crippen molar-refractivity contribution >= 4 is 44.1 Å². The second kappa shape index (κ2) is 9.83. The Kier molecular flexibility index (Phi) is 6.90. The minimum atomic E-state index is -1.35. The van der Waals surface area contributed by atoms with Gasteiger partial charge in [-0.1, -0.05) is 0 Å². The van der Waals surface area contributed by atoms with Crippen molar-refractivity contribution in [3.05, 3.63) is 107 Å². The molecule has 0 aliphatic carbocycles. The number of ketones is 2. The molecule has 0 spiro atoms. The van der Waals surface area contributed by atoms with Gasteiger partial charge in [0.15, 0.2) is 0 Å². The van der Waals surface area contributed by atoms with Crippen LogP contribution >= 0.6 is 11.6 Å². The third-order valence-corrected chi connectivity index (χ3v) is 8.92. The summed E-state index contributed by atoms with van der Waals surface area (Å²) >= 11 is 5.46. The summed E-state index contributed by atoms with van der Waals surface area (Å²) in [5, 5.41) is 0.411. The molecule has 0 unspecified atom stereocenters. The second-order valence-electron chi connectivity index (χ2n) is 7.58. The van der Waals surface area contributed by atoms with Gasteiger partial charge in [-0.05, 0) is 0 Å². The maximum absolute atomic E-state index is 13.7. The van der Waals surface area contributed by atoms with Crippen LogP contribution < -0.4 is 0 Å². The number of hydrogen-bond donors (Lipinski definition) is 0. The van der Waals surface area contributed by atoms with Gasteiger partial charge in [0.2, 0.25) is 0 Å². The molecule has 0 amide bonds. The van der Waals surface area contributed by atoms with Gasteiger partial charge in [-0.3, -0.25) is 0 Å². The van der Waals surface area contributed by atoms with Crippen molar-refractivity contribution in [3.63, 3.8) is 0 Å². The van der Waals surface area contributed by atoms with Crippen LogP contribution in [0.4, 0.5) is 0 Å². The predicted molar refractivity (Wildman–Crippen MR) is 124 cm³/mol. The standard InChI is InChI=1S/C26H21ClO4Se/c27-21-14-7-13-20(17-21)25(30)31-26(24(29)19-11-5-2-6-12-19)16-8-15-22(32-26)23(28)18-9-3-1-4-10-18/h1-7,9-14,17,22H,8,15-16H2/t22-,26+/m1/s1. The summed E-state index contributed by atoms with van der Waals surface area (Å²) < 4.78 is 4.63. The Bertz CT molecular complexity index is 1130. The van der Waals surface area contributed by atoms with Gasteiger partial charge >= 0.3 is 198 Å². The van der Waals surface area contributed by atoms with Gasteiger partial charge in [0.25, 0.3) is 0 Å². The van der Waals surface area contributed by atoms with E-state index in [2.05, 4.69) is 0 Å². The quantitative estimate of drug-likeness (QED) is 0.244. The first-order valence-electron chi connectivity index (χ1n) is 10.3. The molecular formula is C26H21ClO4Se. The van der Waals surface area contributed by atoms with Crippen LogP contribution in [0.15, 0.2) is 84.9 Å². The summed E-state index contributed by atoms with van der Waals surface area (Å²) in [6.45, 7) is 0. The van der Waals surface area contributed by atoms with E-state index in [0.717, 1.165) is 0 Å². The van der Waals surface area contributed by atoms with Crippen molar-refractivity contribution in [2.45, 2.75) is 28.6 Å². The van der Waals surface area contributed by atoms with Crippen molar-refractivity contribution < 1.29 is 19.1 Å². The molecule has 4 rings (SSSR count). The van der Waals surface area contributed by atoms with E-state index in [9.17, 15) is 14.4 Å². The van der Waals surface area contributed by atoms with Crippen LogP contribution in [0.2, 0.25) is 9.84 Å². The van der Waals surface area contributed by atoms with Gasteiger partial charge in [-0.25, -0.2) is 0 Å². The number of rotatable bonds is 6. The molecular weight excluding hydrogens is 491 g/mol. The van der Waals surface area contributed by atoms with Crippen molar-refractivity contribution in [1.82, 2.24) is 0 Å². The third kappa shape index (κ3) is 4.86. The zero-order valence-corrected chi connectivity index (χ0v) is 19.7. The molecule has 1 saturated heterocycles. The van der Waals surface area contributed by atoms with Crippen LogP contribution in [0.3, 0.4) is 0 Å². The first-order valence-corrected chi connectivity index (χ1v) is 12.6. The molecule has 2 atom stereocenters. The van der Waals surface area contributed by atoms with Crippen molar-refractivity contribution in [2.24, 2.45) is 0 Å². The number of esters is 1. The van der Waals surface area contributed by atoms with Crippen LogP contribution in [0.25, 0.3) is 0 Å². The predicted octanol–water partition coefficient (Wildman–Crippen LogP) is 5.64. The number of halogens is 1. The summed E-state index contributed by atoms with van der Waals surface area (Å²) in [7, 11) is 0. The molecule has 0 aromatic heterocycles. The zero-order chi connectivity index (χ0) is 22.6.